The second kappa shape index (κ2) is 4.23. The lowest BCUT2D eigenvalue weighted by Crippen LogP contribution is -2.66. The molecule has 1 aliphatic rings. The Hall–Kier alpha value is -1.39. The number of para-hydroxylation sites is 1. The maximum atomic E-state index is 11.7. The maximum Gasteiger partial charge on any atom is 0.259 e. The monoisotopic (exact) mass is 239 g/mol. The van der Waals surface area contributed by atoms with Crippen LogP contribution in [0.25, 0.3) is 0 Å². The number of anilines is 1. The fraction of sp³-hybridized carbons (Fsp3) is 0.273. The average molecular weight is 240 g/mol. The first kappa shape index (κ1) is 11.1. The topological polar surface area (TPSA) is 46.6 Å². The summed E-state index contributed by atoms with van der Waals surface area (Å²) >= 11 is 5.96. The van der Waals surface area contributed by atoms with Crippen LogP contribution in [0.1, 0.15) is 0 Å². The number of carbonyl (C=O) groups excluding carboxylic acids is 2. The van der Waals surface area contributed by atoms with E-state index in [2.05, 4.69) is 0 Å². The van der Waals surface area contributed by atoms with Gasteiger partial charge in [0, 0.05) is 7.11 Å². The highest BCUT2D eigenvalue weighted by atomic mass is 35.5. The Labute approximate surface area is 97.7 Å². The molecule has 1 aromatic carbocycles. The van der Waals surface area contributed by atoms with Gasteiger partial charge in [-0.25, -0.2) is 0 Å². The molecule has 0 aliphatic carbocycles. The molecule has 0 spiro atoms. The van der Waals surface area contributed by atoms with Gasteiger partial charge >= 0.3 is 0 Å². The molecule has 0 saturated carbocycles. The Morgan fingerprint density at radius 1 is 1.44 bits per heavy atom. The summed E-state index contributed by atoms with van der Waals surface area (Å²) in [5.41, 5.74) is 0.541. The number of amides is 1. The number of methoxy groups -OCH3 is 1. The Morgan fingerprint density at radius 3 is 2.69 bits per heavy atom. The van der Waals surface area contributed by atoms with Crippen molar-refractivity contribution >= 4 is 29.5 Å². The molecular weight excluding hydrogens is 230 g/mol. The molecule has 0 N–H and O–H groups in total. The second-order valence-corrected chi connectivity index (χ2v) is 3.85. The Bertz CT molecular complexity index is 435. The third kappa shape index (κ3) is 1.50. The number of benzene rings is 1. The van der Waals surface area contributed by atoms with Gasteiger partial charge < -0.3 is 9.53 Å². The highest BCUT2D eigenvalue weighted by molar-refractivity contribution is 6.34. The fourth-order valence-electron chi connectivity index (χ4n) is 1.78. The number of nitrogens with zero attached hydrogens (tertiary/aromatic N) is 1. The third-order valence-corrected chi connectivity index (χ3v) is 2.91. The molecule has 84 valence electrons. The van der Waals surface area contributed by atoms with Gasteiger partial charge in [0.2, 0.25) is 0 Å². The number of rotatable bonds is 3. The van der Waals surface area contributed by atoms with Crippen LogP contribution in [-0.2, 0) is 14.3 Å². The normalized spacial score (nSPS) is 24.1. The van der Waals surface area contributed by atoms with Crippen molar-refractivity contribution < 1.29 is 14.3 Å². The van der Waals surface area contributed by atoms with Crippen molar-refractivity contribution in [2.24, 2.45) is 0 Å². The second-order valence-electron chi connectivity index (χ2n) is 3.44. The van der Waals surface area contributed by atoms with E-state index in [1.807, 2.05) is 0 Å². The van der Waals surface area contributed by atoms with Gasteiger partial charge in [-0.05, 0) is 12.1 Å². The molecule has 1 amide bonds. The molecule has 0 radical (unpaired) electrons. The fourth-order valence-corrected chi connectivity index (χ4v) is 2.01. The van der Waals surface area contributed by atoms with E-state index in [4.69, 9.17) is 16.3 Å². The van der Waals surface area contributed by atoms with Crippen molar-refractivity contribution in [3.05, 3.63) is 29.3 Å². The van der Waals surface area contributed by atoms with Crippen molar-refractivity contribution in [1.82, 2.24) is 0 Å². The van der Waals surface area contributed by atoms with Crippen molar-refractivity contribution in [2.45, 2.75) is 12.1 Å². The zero-order valence-corrected chi connectivity index (χ0v) is 9.35. The zero-order valence-electron chi connectivity index (χ0n) is 8.59. The van der Waals surface area contributed by atoms with Gasteiger partial charge in [-0.1, -0.05) is 23.7 Å². The average Bonchev–Trinajstić information content (AvgIpc) is 2.29. The van der Waals surface area contributed by atoms with Gasteiger partial charge in [0.25, 0.3) is 5.91 Å². The lowest BCUT2D eigenvalue weighted by molar-refractivity contribution is -0.142. The summed E-state index contributed by atoms with van der Waals surface area (Å²) in [6.07, 6.45) is 0.00703. The van der Waals surface area contributed by atoms with Crippen LogP contribution in [-0.4, -0.2) is 31.4 Å². The van der Waals surface area contributed by atoms with Gasteiger partial charge in [-0.2, -0.15) is 0 Å². The van der Waals surface area contributed by atoms with Crippen LogP contribution in [0.4, 0.5) is 5.69 Å². The molecular formula is C11H10ClNO3. The van der Waals surface area contributed by atoms with Crippen molar-refractivity contribution in [3.63, 3.8) is 0 Å². The van der Waals surface area contributed by atoms with Gasteiger partial charge in [0.05, 0.1) is 10.7 Å². The highest BCUT2D eigenvalue weighted by Gasteiger charge is 2.49. The number of aldehydes is 1. The van der Waals surface area contributed by atoms with E-state index >= 15 is 0 Å². The maximum absolute atomic E-state index is 11.7. The zero-order chi connectivity index (χ0) is 11.7. The summed E-state index contributed by atoms with van der Waals surface area (Å²) in [6.45, 7) is 0. The molecule has 5 heteroatoms. The van der Waals surface area contributed by atoms with E-state index in [-0.39, 0.29) is 5.91 Å². The van der Waals surface area contributed by atoms with Crippen LogP contribution >= 0.6 is 11.6 Å². The predicted molar refractivity (Wildman–Crippen MR) is 59.6 cm³/mol. The number of β-lactam (4-membered cyclic amide) rings is 1. The largest absolute Gasteiger partial charge is 0.369 e. The van der Waals surface area contributed by atoms with E-state index < -0.39 is 12.1 Å². The van der Waals surface area contributed by atoms with Crippen LogP contribution in [0.5, 0.6) is 0 Å². The molecule has 0 unspecified atom stereocenters. The van der Waals surface area contributed by atoms with Gasteiger partial charge in [0.15, 0.2) is 6.10 Å². The van der Waals surface area contributed by atoms with Crippen LogP contribution in [0.2, 0.25) is 5.02 Å². The van der Waals surface area contributed by atoms with Crippen LogP contribution in [0.3, 0.4) is 0 Å². The van der Waals surface area contributed by atoms with E-state index in [1.165, 1.54) is 12.0 Å². The lowest BCUT2D eigenvalue weighted by atomic mass is 9.98. The van der Waals surface area contributed by atoms with Gasteiger partial charge in [0.1, 0.15) is 12.3 Å². The minimum absolute atomic E-state index is 0.243. The van der Waals surface area contributed by atoms with Crippen molar-refractivity contribution in [2.75, 3.05) is 12.0 Å². The van der Waals surface area contributed by atoms with E-state index in [1.54, 1.807) is 24.3 Å². The standard InChI is InChI=1S/C11H10ClNO3/c1-16-10-9(6-14)13(11(10)15)8-5-3-2-4-7(8)12/h2-6,9-10H,1H3/t9-,10-/m1/s1. The summed E-state index contributed by atoms with van der Waals surface area (Å²) < 4.78 is 4.93. The quantitative estimate of drug-likeness (QED) is 0.590. The summed E-state index contributed by atoms with van der Waals surface area (Å²) in [5.74, 6) is -0.243. The third-order valence-electron chi connectivity index (χ3n) is 2.59. The molecule has 1 aromatic rings. The number of carbonyl (C=O) groups is 2. The molecule has 1 saturated heterocycles. The number of hydrogen-bond acceptors (Lipinski definition) is 3. The number of halogens is 1. The van der Waals surface area contributed by atoms with E-state index in [9.17, 15) is 9.59 Å². The molecule has 16 heavy (non-hydrogen) atoms. The van der Waals surface area contributed by atoms with E-state index in [0.717, 1.165) is 0 Å². The summed E-state index contributed by atoms with van der Waals surface area (Å²) in [4.78, 5) is 23.9. The molecule has 2 rings (SSSR count). The summed E-state index contributed by atoms with van der Waals surface area (Å²) in [7, 11) is 1.41. The SMILES string of the molecule is CO[C@H]1C(=O)N(c2ccccc2Cl)[C@@H]1C=O. The molecule has 1 aliphatic heterocycles. The van der Waals surface area contributed by atoms with Gasteiger partial charge in [-0.3, -0.25) is 9.69 Å². The minimum atomic E-state index is -0.686. The first-order chi connectivity index (χ1) is 7.70. The van der Waals surface area contributed by atoms with E-state index in [0.29, 0.717) is 17.0 Å². The molecule has 1 heterocycles. The summed E-state index contributed by atoms with van der Waals surface area (Å²) in [5, 5.41) is 0.442. The molecule has 4 nitrogen and oxygen atoms in total. The Morgan fingerprint density at radius 2 is 2.12 bits per heavy atom. The first-order valence-electron chi connectivity index (χ1n) is 4.76. The minimum Gasteiger partial charge on any atom is -0.369 e. The Kier molecular flexibility index (Phi) is 2.94. The van der Waals surface area contributed by atoms with Gasteiger partial charge in [-0.15, -0.1) is 0 Å². The number of ether oxygens (including phenoxy) is 1. The van der Waals surface area contributed by atoms with Crippen molar-refractivity contribution in [3.8, 4) is 0 Å². The lowest BCUT2D eigenvalue weighted by Gasteiger charge is -2.43. The van der Waals surface area contributed by atoms with Crippen LogP contribution in [0, 0.1) is 0 Å². The smallest absolute Gasteiger partial charge is 0.259 e. The molecule has 2 atom stereocenters. The predicted octanol–water partition coefficient (Wildman–Crippen LogP) is 1.27. The van der Waals surface area contributed by atoms with Crippen LogP contribution in [0.15, 0.2) is 24.3 Å². The molecule has 1 fully saturated rings. The molecule has 0 bridgehead atoms. The number of hydrogen-bond donors (Lipinski definition) is 0. The van der Waals surface area contributed by atoms with Crippen molar-refractivity contribution in [1.29, 1.82) is 0 Å². The molecule has 0 aromatic heterocycles. The highest BCUT2D eigenvalue weighted by Crippen LogP contribution is 2.33. The van der Waals surface area contributed by atoms with Crippen LogP contribution < -0.4 is 4.90 Å². The summed E-state index contributed by atoms with van der Waals surface area (Å²) in [6, 6.07) is 6.31. The first-order valence-corrected chi connectivity index (χ1v) is 5.14. The Balaban J connectivity index is 2.33.